The molecule has 1 aromatic rings. The smallest absolute Gasteiger partial charge is 0.176 e. The van der Waals surface area contributed by atoms with Crippen molar-refractivity contribution in [3.63, 3.8) is 0 Å². The molecule has 92 valence electrons. The summed E-state index contributed by atoms with van der Waals surface area (Å²) in [7, 11) is 2.11. The quantitative estimate of drug-likeness (QED) is 0.617. The summed E-state index contributed by atoms with van der Waals surface area (Å²) < 4.78 is 0. The van der Waals surface area contributed by atoms with E-state index < -0.39 is 0 Å². The number of hydrogen-bond donors (Lipinski definition) is 1. The van der Waals surface area contributed by atoms with Crippen molar-refractivity contribution in [3.8, 4) is 0 Å². The Balaban J connectivity index is 1.91. The predicted octanol–water partition coefficient (Wildman–Crippen LogP) is 0.699. The maximum Gasteiger partial charge on any atom is 0.176 e. The average Bonchev–Trinajstić information content (AvgIpc) is 2.33. The molecule has 1 aliphatic heterocycles. The lowest BCUT2D eigenvalue weighted by atomic mass is 10.1. The monoisotopic (exact) mass is 233 g/mol. The number of anilines is 1. The van der Waals surface area contributed by atoms with Gasteiger partial charge in [0.25, 0.3) is 0 Å². The van der Waals surface area contributed by atoms with Crippen LogP contribution in [0.5, 0.6) is 0 Å². The summed E-state index contributed by atoms with van der Waals surface area (Å²) in [6.07, 6.45) is 0. The summed E-state index contributed by atoms with van der Waals surface area (Å²) in [5, 5.41) is 0. The summed E-state index contributed by atoms with van der Waals surface area (Å²) in [4.78, 5) is 16.5. The third-order valence-corrected chi connectivity index (χ3v) is 3.20. The van der Waals surface area contributed by atoms with Crippen molar-refractivity contribution in [2.24, 2.45) is 0 Å². The van der Waals surface area contributed by atoms with Crippen molar-refractivity contribution in [1.82, 2.24) is 9.80 Å². The normalized spacial score (nSPS) is 18.2. The highest BCUT2D eigenvalue weighted by Gasteiger charge is 2.17. The molecule has 0 unspecified atom stereocenters. The number of nitrogens with zero attached hydrogens (tertiary/aromatic N) is 2. The second-order valence-electron chi connectivity index (χ2n) is 4.62. The molecular weight excluding hydrogens is 214 g/mol. The molecule has 1 aliphatic rings. The fourth-order valence-corrected chi connectivity index (χ4v) is 1.97. The van der Waals surface area contributed by atoms with E-state index in [0.717, 1.165) is 31.7 Å². The van der Waals surface area contributed by atoms with E-state index in [0.29, 0.717) is 12.2 Å². The van der Waals surface area contributed by atoms with E-state index in [1.54, 1.807) is 24.3 Å². The molecule has 17 heavy (non-hydrogen) atoms. The summed E-state index contributed by atoms with van der Waals surface area (Å²) in [6.45, 7) is 4.52. The fourth-order valence-electron chi connectivity index (χ4n) is 1.97. The zero-order chi connectivity index (χ0) is 12.3. The molecule has 0 aromatic heterocycles. The fraction of sp³-hybridized carbons (Fsp3) is 0.462. The molecule has 4 nitrogen and oxygen atoms in total. The van der Waals surface area contributed by atoms with Gasteiger partial charge in [0, 0.05) is 37.4 Å². The number of piperazine rings is 1. The molecule has 1 fully saturated rings. The van der Waals surface area contributed by atoms with E-state index in [2.05, 4.69) is 16.8 Å². The lowest BCUT2D eigenvalue weighted by molar-refractivity contribution is 0.0876. The number of Topliss-reactive ketones (excluding diaryl/α,β-unsaturated/α-hetero) is 1. The van der Waals surface area contributed by atoms with Gasteiger partial charge in [0.2, 0.25) is 0 Å². The topological polar surface area (TPSA) is 49.6 Å². The van der Waals surface area contributed by atoms with Gasteiger partial charge >= 0.3 is 0 Å². The van der Waals surface area contributed by atoms with Crippen LogP contribution in [0.15, 0.2) is 24.3 Å². The molecule has 0 atom stereocenters. The summed E-state index contributed by atoms with van der Waals surface area (Å²) in [5.74, 6) is 0.176. The Kier molecular flexibility index (Phi) is 3.76. The number of likely N-dealkylation sites (N-methyl/N-ethyl adjacent to an activating group) is 1. The molecule has 1 saturated heterocycles. The Morgan fingerprint density at radius 3 is 2.35 bits per heavy atom. The zero-order valence-corrected chi connectivity index (χ0v) is 10.2. The first-order chi connectivity index (χ1) is 8.15. The van der Waals surface area contributed by atoms with E-state index >= 15 is 0 Å². The number of ketones is 1. The molecule has 2 rings (SSSR count). The molecule has 4 heteroatoms. The van der Waals surface area contributed by atoms with Gasteiger partial charge < -0.3 is 10.6 Å². The van der Waals surface area contributed by atoms with Gasteiger partial charge in [-0.1, -0.05) is 0 Å². The standard InChI is InChI=1S/C13H19N3O/c1-15-6-8-16(9-7-15)10-13(17)11-2-4-12(14)5-3-11/h2-5H,6-10,14H2,1H3. The Morgan fingerprint density at radius 1 is 1.18 bits per heavy atom. The number of carbonyl (C=O) groups excluding carboxylic acids is 1. The zero-order valence-electron chi connectivity index (χ0n) is 10.2. The lowest BCUT2D eigenvalue weighted by Crippen LogP contribution is -2.46. The third kappa shape index (κ3) is 3.28. The van der Waals surface area contributed by atoms with E-state index in [-0.39, 0.29) is 5.78 Å². The van der Waals surface area contributed by atoms with Gasteiger partial charge in [0.05, 0.1) is 6.54 Å². The first-order valence-electron chi connectivity index (χ1n) is 5.95. The molecule has 0 bridgehead atoms. The Labute approximate surface area is 102 Å². The van der Waals surface area contributed by atoms with E-state index in [4.69, 9.17) is 5.73 Å². The second-order valence-corrected chi connectivity index (χ2v) is 4.62. The SMILES string of the molecule is CN1CCN(CC(=O)c2ccc(N)cc2)CC1. The van der Waals surface area contributed by atoms with Gasteiger partial charge in [-0.2, -0.15) is 0 Å². The first-order valence-corrected chi connectivity index (χ1v) is 5.95. The van der Waals surface area contributed by atoms with Crippen LogP contribution in [0.3, 0.4) is 0 Å². The highest BCUT2D eigenvalue weighted by molar-refractivity contribution is 5.97. The van der Waals surface area contributed by atoms with Crippen LogP contribution >= 0.6 is 0 Å². The van der Waals surface area contributed by atoms with Crippen LogP contribution < -0.4 is 5.73 Å². The van der Waals surface area contributed by atoms with Crippen LogP contribution in [-0.4, -0.2) is 55.4 Å². The molecule has 1 heterocycles. The van der Waals surface area contributed by atoms with Crippen LogP contribution in [0.1, 0.15) is 10.4 Å². The van der Waals surface area contributed by atoms with Gasteiger partial charge in [0.1, 0.15) is 0 Å². The number of rotatable bonds is 3. The molecular formula is C13H19N3O. The Hall–Kier alpha value is -1.39. The summed E-state index contributed by atoms with van der Waals surface area (Å²) >= 11 is 0. The average molecular weight is 233 g/mol. The summed E-state index contributed by atoms with van der Waals surface area (Å²) in [6, 6.07) is 7.15. The maximum atomic E-state index is 12.0. The van der Waals surface area contributed by atoms with Crippen LogP contribution in [-0.2, 0) is 0 Å². The highest BCUT2D eigenvalue weighted by atomic mass is 16.1. The third-order valence-electron chi connectivity index (χ3n) is 3.20. The van der Waals surface area contributed by atoms with Crippen molar-refractivity contribution in [2.75, 3.05) is 45.5 Å². The Morgan fingerprint density at radius 2 is 1.76 bits per heavy atom. The van der Waals surface area contributed by atoms with E-state index in [1.807, 2.05) is 0 Å². The molecule has 0 spiro atoms. The summed E-state index contributed by atoms with van der Waals surface area (Å²) in [5.41, 5.74) is 7.04. The molecule has 0 aliphatic carbocycles. The molecule has 1 aromatic carbocycles. The minimum Gasteiger partial charge on any atom is -0.399 e. The number of nitrogens with two attached hydrogens (primary N) is 1. The van der Waals surface area contributed by atoms with Crippen LogP contribution in [0.4, 0.5) is 5.69 Å². The van der Waals surface area contributed by atoms with E-state index in [1.165, 1.54) is 0 Å². The molecule has 0 amide bonds. The molecule has 0 saturated carbocycles. The van der Waals surface area contributed by atoms with Crippen molar-refractivity contribution >= 4 is 11.5 Å². The molecule has 2 N–H and O–H groups in total. The van der Waals surface area contributed by atoms with Crippen molar-refractivity contribution in [3.05, 3.63) is 29.8 Å². The van der Waals surface area contributed by atoms with Crippen LogP contribution in [0, 0.1) is 0 Å². The first kappa shape index (κ1) is 12.1. The largest absolute Gasteiger partial charge is 0.399 e. The number of hydrogen-bond acceptors (Lipinski definition) is 4. The van der Waals surface area contributed by atoms with Crippen molar-refractivity contribution < 1.29 is 4.79 Å². The minimum absolute atomic E-state index is 0.176. The van der Waals surface area contributed by atoms with Gasteiger partial charge in [-0.05, 0) is 31.3 Å². The van der Waals surface area contributed by atoms with Gasteiger partial charge in [0.15, 0.2) is 5.78 Å². The van der Waals surface area contributed by atoms with E-state index in [9.17, 15) is 4.79 Å². The Bertz CT molecular complexity index is 380. The van der Waals surface area contributed by atoms with Gasteiger partial charge in [-0.3, -0.25) is 9.69 Å². The number of benzene rings is 1. The maximum absolute atomic E-state index is 12.0. The van der Waals surface area contributed by atoms with Crippen molar-refractivity contribution in [2.45, 2.75) is 0 Å². The predicted molar refractivity (Wildman–Crippen MR) is 69.1 cm³/mol. The number of carbonyl (C=O) groups is 1. The van der Waals surface area contributed by atoms with Crippen LogP contribution in [0.25, 0.3) is 0 Å². The minimum atomic E-state index is 0.176. The molecule has 0 radical (unpaired) electrons. The van der Waals surface area contributed by atoms with Crippen molar-refractivity contribution in [1.29, 1.82) is 0 Å². The highest BCUT2D eigenvalue weighted by Crippen LogP contribution is 2.08. The van der Waals surface area contributed by atoms with Gasteiger partial charge in [-0.25, -0.2) is 0 Å². The van der Waals surface area contributed by atoms with Crippen LogP contribution in [0.2, 0.25) is 0 Å². The lowest BCUT2D eigenvalue weighted by Gasteiger charge is -2.31. The van der Waals surface area contributed by atoms with Gasteiger partial charge in [-0.15, -0.1) is 0 Å². The number of nitrogen functional groups attached to an aromatic ring is 1. The second kappa shape index (κ2) is 5.29.